The molecule has 10 heteroatoms. The summed E-state index contributed by atoms with van der Waals surface area (Å²) in [5.74, 6) is 1.20. The van der Waals surface area contributed by atoms with Gasteiger partial charge in [0.2, 0.25) is 0 Å². The molecule has 1 aromatic carbocycles. The highest BCUT2D eigenvalue weighted by Crippen LogP contribution is 2.29. The Balaban J connectivity index is 1.57. The van der Waals surface area contributed by atoms with Crippen LogP contribution < -0.4 is 15.4 Å². The second kappa shape index (κ2) is 10.8. The van der Waals surface area contributed by atoms with Crippen LogP contribution in [0.25, 0.3) is 0 Å². The Morgan fingerprint density at radius 3 is 2.74 bits per heavy atom. The lowest BCUT2D eigenvalue weighted by Gasteiger charge is -2.11. The molecule has 3 aromatic rings. The van der Waals surface area contributed by atoms with Crippen LogP contribution in [0.15, 0.2) is 59.0 Å². The van der Waals surface area contributed by atoms with Crippen LogP contribution in [0.4, 0.5) is 13.2 Å². The third-order valence-corrected chi connectivity index (χ3v) is 4.87. The smallest absolute Gasteiger partial charge is 0.434 e. The van der Waals surface area contributed by atoms with Gasteiger partial charge in [0.1, 0.15) is 17.4 Å². The lowest BCUT2D eigenvalue weighted by molar-refractivity contribution is -0.140. The summed E-state index contributed by atoms with van der Waals surface area (Å²) in [6.45, 7) is 3.42. The van der Waals surface area contributed by atoms with E-state index >= 15 is 0 Å². The van der Waals surface area contributed by atoms with Gasteiger partial charge in [-0.2, -0.15) is 13.2 Å². The maximum atomic E-state index is 12.7. The Morgan fingerprint density at radius 1 is 1.16 bits per heavy atom. The van der Waals surface area contributed by atoms with Crippen LogP contribution in [0.2, 0.25) is 0 Å². The van der Waals surface area contributed by atoms with Crippen molar-refractivity contribution in [2.24, 2.45) is 4.99 Å². The van der Waals surface area contributed by atoms with Crippen LogP contribution in [0.5, 0.6) is 5.75 Å². The first kappa shape index (κ1) is 22.5. The summed E-state index contributed by atoms with van der Waals surface area (Å²) in [7, 11) is 0. The zero-order valence-electron chi connectivity index (χ0n) is 16.8. The maximum Gasteiger partial charge on any atom is 0.434 e. The fraction of sp³-hybridized carbons (Fsp3) is 0.286. The summed E-state index contributed by atoms with van der Waals surface area (Å²) in [4.78, 5) is 12.3. The van der Waals surface area contributed by atoms with Crippen LogP contribution in [-0.4, -0.2) is 22.5 Å². The highest BCUT2D eigenvalue weighted by atomic mass is 32.1. The second-order valence-electron chi connectivity index (χ2n) is 6.43. The first-order valence-electron chi connectivity index (χ1n) is 9.59. The van der Waals surface area contributed by atoms with E-state index in [1.807, 2.05) is 49.4 Å². The normalized spacial score (nSPS) is 11.9. The van der Waals surface area contributed by atoms with Crippen molar-refractivity contribution in [3.63, 3.8) is 0 Å². The van der Waals surface area contributed by atoms with Crippen LogP contribution in [-0.2, 0) is 25.9 Å². The van der Waals surface area contributed by atoms with Crippen LogP contribution >= 0.6 is 11.3 Å². The highest BCUT2D eigenvalue weighted by Gasteiger charge is 2.33. The number of alkyl halides is 3. The van der Waals surface area contributed by atoms with E-state index in [-0.39, 0.29) is 6.54 Å². The molecule has 2 aromatic heterocycles. The molecule has 0 saturated heterocycles. The third kappa shape index (κ3) is 7.25. The van der Waals surface area contributed by atoms with E-state index in [2.05, 4.69) is 25.6 Å². The van der Waals surface area contributed by atoms with E-state index in [1.165, 1.54) is 0 Å². The number of nitrogens with zero attached hydrogens (tertiary/aromatic N) is 3. The summed E-state index contributed by atoms with van der Waals surface area (Å²) in [5.41, 5.74) is 0.892. The maximum absolute atomic E-state index is 12.7. The SMILES string of the molecule is CCNC(=NCc1cccc(OCc2ccccn2)c1)NCc1nc(C(F)(F)F)cs1. The molecule has 2 N–H and O–H groups in total. The highest BCUT2D eigenvalue weighted by molar-refractivity contribution is 7.09. The zero-order chi connectivity index (χ0) is 22.1. The molecular formula is C21H22F3N5OS. The minimum atomic E-state index is -4.43. The number of nitrogens with one attached hydrogen (secondary N) is 2. The van der Waals surface area contributed by atoms with Crippen molar-refractivity contribution in [2.75, 3.05) is 6.54 Å². The summed E-state index contributed by atoms with van der Waals surface area (Å²) in [6.07, 6.45) is -2.72. The standard InChI is InChI=1S/C21H22F3N5OS/c1-2-25-20(28-12-19-29-18(14-31-19)21(22,23)24)27-11-15-6-5-8-17(10-15)30-13-16-7-3-4-9-26-16/h3-10,14H,2,11-13H2,1H3,(H2,25,27,28). The number of ether oxygens (including phenoxy) is 1. The van der Waals surface area contributed by atoms with Crippen LogP contribution in [0.1, 0.15) is 28.9 Å². The fourth-order valence-corrected chi connectivity index (χ4v) is 3.31. The topological polar surface area (TPSA) is 71.4 Å². The van der Waals surface area contributed by atoms with E-state index < -0.39 is 11.9 Å². The van der Waals surface area contributed by atoms with Crippen molar-refractivity contribution >= 4 is 17.3 Å². The molecule has 0 radical (unpaired) electrons. The molecular weight excluding hydrogens is 427 g/mol. The van der Waals surface area contributed by atoms with Gasteiger partial charge in [-0.1, -0.05) is 18.2 Å². The molecule has 0 bridgehead atoms. The molecule has 31 heavy (non-hydrogen) atoms. The monoisotopic (exact) mass is 449 g/mol. The number of benzene rings is 1. The Hall–Kier alpha value is -3.14. The Bertz CT molecular complexity index is 992. The fourth-order valence-electron chi connectivity index (χ4n) is 2.57. The molecule has 3 rings (SSSR count). The first-order valence-corrected chi connectivity index (χ1v) is 10.5. The molecule has 6 nitrogen and oxygen atoms in total. The number of aromatic nitrogens is 2. The molecule has 164 valence electrons. The Labute approximate surface area is 182 Å². The molecule has 0 aliphatic rings. The van der Waals surface area contributed by atoms with E-state index in [4.69, 9.17) is 4.74 Å². The summed E-state index contributed by atoms with van der Waals surface area (Å²) < 4.78 is 43.8. The molecule has 0 aliphatic carbocycles. The van der Waals surface area contributed by atoms with Gasteiger partial charge in [-0.15, -0.1) is 11.3 Å². The van der Waals surface area contributed by atoms with Gasteiger partial charge in [0.25, 0.3) is 0 Å². The number of pyridine rings is 1. The van der Waals surface area contributed by atoms with Gasteiger partial charge in [0, 0.05) is 18.1 Å². The lowest BCUT2D eigenvalue weighted by Crippen LogP contribution is -2.36. The molecule has 2 heterocycles. The van der Waals surface area contributed by atoms with Crippen molar-refractivity contribution in [1.82, 2.24) is 20.6 Å². The number of thiazole rings is 1. The summed E-state index contributed by atoms with van der Waals surface area (Å²) >= 11 is 0.958. The number of rotatable bonds is 8. The van der Waals surface area contributed by atoms with E-state index in [1.54, 1.807) is 6.20 Å². The van der Waals surface area contributed by atoms with Crippen molar-refractivity contribution in [1.29, 1.82) is 0 Å². The quantitative estimate of drug-likeness (QED) is 0.394. The van der Waals surface area contributed by atoms with Gasteiger partial charge in [-0.05, 0) is 36.8 Å². The van der Waals surface area contributed by atoms with Crippen molar-refractivity contribution in [3.8, 4) is 5.75 Å². The summed E-state index contributed by atoms with van der Waals surface area (Å²) in [6, 6.07) is 13.2. The Morgan fingerprint density at radius 2 is 2.03 bits per heavy atom. The lowest BCUT2D eigenvalue weighted by atomic mass is 10.2. The minimum Gasteiger partial charge on any atom is -0.487 e. The largest absolute Gasteiger partial charge is 0.487 e. The van der Waals surface area contributed by atoms with Gasteiger partial charge in [0.15, 0.2) is 11.7 Å². The second-order valence-corrected chi connectivity index (χ2v) is 7.37. The van der Waals surface area contributed by atoms with Gasteiger partial charge in [-0.25, -0.2) is 9.98 Å². The predicted octanol–water partition coefficient (Wildman–Crippen LogP) is 4.39. The molecule has 0 spiro atoms. The van der Waals surface area contributed by atoms with Crippen LogP contribution in [0.3, 0.4) is 0 Å². The molecule has 0 amide bonds. The molecule has 0 aliphatic heterocycles. The van der Waals surface area contributed by atoms with E-state index in [0.29, 0.717) is 36.4 Å². The molecule has 0 fully saturated rings. The van der Waals surface area contributed by atoms with E-state index in [9.17, 15) is 13.2 Å². The minimum absolute atomic E-state index is 0.153. The predicted molar refractivity (Wildman–Crippen MR) is 114 cm³/mol. The van der Waals surface area contributed by atoms with Gasteiger partial charge >= 0.3 is 6.18 Å². The van der Waals surface area contributed by atoms with Gasteiger partial charge in [0.05, 0.1) is 18.8 Å². The van der Waals surface area contributed by atoms with Crippen molar-refractivity contribution in [3.05, 3.63) is 76.0 Å². The van der Waals surface area contributed by atoms with Gasteiger partial charge < -0.3 is 15.4 Å². The average Bonchev–Trinajstić information content (AvgIpc) is 3.25. The third-order valence-electron chi connectivity index (χ3n) is 4.02. The number of guanidine groups is 1. The number of hydrogen-bond acceptors (Lipinski definition) is 5. The molecule has 0 saturated carbocycles. The Kier molecular flexibility index (Phi) is 7.82. The number of halogens is 3. The zero-order valence-corrected chi connectivity index (χ0v) is 17.6. The number of aliphatic imine (C=N–C) groups is 1. The molecule has 0 unspecified atom stereocenters. The van der Waals surface area contributed by atoms with Gasteiger partial charge in [-0.3, -0.25) is 4.98 Å². The number of hydrogen-bond donors (Lipinski definition) is 2. The van der Waals surface area contributed by atoms with Crippen molar-refractivity contribution < 1.29 is 17.9 Å². The summed E-state index contributed by atoms with van der Waals surface area (Å²) in [5, 5.41) is 7.44. The van der Waals surface area contributed by atoms with Crippen molar-refractivity contribution in [2.45, 2.75) is 32.8 Å². The first-order chi connectivity index (χ1) is 14.9. The van der Waals surface area contributed by atoms with E-state index in [0.717, 1.165) is 28.0 Å². The average molecular weight is 450 g/mol. The molecule has 0 atom stereocenters. The van der Waals surface area contributed by atoms with Crippen LogP contribution in [0, 0.1) is 0 Å².